The van der Waals surface area contributed by atoms with Crippen molar-refractivity contribution in [2.24, 2.45) is 16.5 Å². The Kier molecular flexibility index (Phi) is 10.8. The molecule has 3 aliphatic heterocycles. The number of amides is 4. The number of nitrogens with zero attached hydrogens (tertiary/aromatic N) is 2. The van der Waals surface area contributed by atoms with Crippen molar-refractivity contribution >= 4 is 46.7 Å². The van der Waals surface area contributed by atoms with E-state index in [2.05, 4.69) is 21.1 Å². The highest BCUT2D eigenvalue weighted by Gasteiger charge is 2.55. The predicted octanol–water partition coefficient (Wildman–Crippen LogP) is 3.03. The van der Waals surface area contributed by atoms with E-state index in [4.69, 9.17) is 21.2 Å². The highest BCUT2D eigenvalue weighted by atomic mass is 35.5. The lowest BCUT2D eigenvalue weighted by Crippen LogP contribution is -2.59. The third kappa shape index (κ3) is 8.52. The van der Waals surface area contributed by atoms with Gasteiger partial charge in [-0.2, -0.15) is 0 Å². The number of halogens is 2. The Morgan fingerprint density at radius 2 is 1.88 bits per heavy atom. The van der Waals surface area contributed by atoms with Crippen LogP contribution >= 0.6 is 11.6 Å². The highest BCUT2D eigenvalue weighted by Crippen LogP contribution is 2.40. The van der Waals surface area contributed by atoms with Gasteiger partial charge in [0, 0.05) is 49.1 Å². The quantitative estimate of drug-likeness (QED) is 0.285. The summed E-state index contributed by atoms with van der Waals surface area (Å²) in [5.41, 5.74) is -1.07. The first-order valence-electron chi connectivity index (χ1n) is 16.7. The number of ether oxygens (including phenoxy) is 1. The van der Waals surface area contributed by atoms with Gasteiger partial charge in [0.1, 0.15) is 17.9 Å². The number of nitrogens with one attached hydrogen (secondary N) is 3. The van der Waals surface area contributed by atoms with Gasteiger partial charge >= 0.3 is 0 Å². The molecular weight excluding hydrogens is 645 g/mol. The molecule has 4 amide bonds. The maximum absolute atomic E-state index is 14.5. The minimum atomic E-state index is -1.15. The number of carbonyl (C=O) groups is 5. The number of oxime groups is 1. The molecule has 1 aromatic carbocycles. The highest BCUT2D eigenvalue weighted by molar-refractivity contribution is 6.38. The molecule has 14 heteroatoms. The zero-order chi connectivity index (χ0) is 34.8. The third-order valence-corrected chi connectivity index (χ3v) is 9.50. The number of rotatable bonds is 12. The standard InChI is InChI=1S/C34H45ClFN5O7/c1-5-6-24(28(43)31(45)37-23-7-8-23)38-30(44)26-16-34(15-25(40-48-34)20-12-21(35)14-22(36)13-20)18-41(26)32(46)29(33(2,3)4)39-27(42)11-19-9-10-47-17-19/h12-14,19,23-24,26,29H,5-11,15-18H2,1-4H3,(H,37,45)(H,38,44)(H,39,42)/t19-,24+,26+,29-,34-/m1/s1. The molecule has 4 aliphatic rings. The van der Waals surface area contributed by atoms with Crippen molar-refractivity contribution in [2.45, 2.75) is 109 Å². The van der Waals surface area contributed by atoms with Gasteiger partial charge in [-0.15, -0.1) is 0 Å². The predicted molar refractivity (Wildman–Crippen MR) is 174 cm³/mol. The van der Waals surface area contributed by atoms with Crippen molar-refractivity contribution in [3.63, 3.8) is 0 Å². The second-order valence-electron chi connectivity index (χ2n) is 14.6. The van der Waals surface area contributed by atoms with Crippen molar-refractivity contribution < 1.29 is 37.9 Å². The van der Waals surface area contributed by atoms with Gasteiger partial charge in [0.25, 0.3) is 5.91 Å². The molecule has 0 unspecified atom stereocenters. The molecule has 2 saturated heterocycles. The van der Waals surface area contributed by atoms with Crippen molar-refractivity contribution in [3.05, 3.63) is 34.6 Å². The zero-order valence-electron chi connectivity index (χ0n) is 27.9. The number of carbonyl (C=O) groups excluding carboxylic acids is 5. The molecule has 0 radical (unpaired) electrons. The van der Waals surface area contributed by atoms with Gasteiger partial charge in [-0.3, -0.25) is 24.0 Å². The second-order valence-corrected chi connectivity index (χ2v) is 15.0. The minimum absolute atomic E-state index is 0.00610. The Labute approximate surface area is 284 Å². The molecule has 262 valence electrons. The fourth-order valence-electron chi connectivity index (χ4n) is 6.51. The number of hydrogen-bond acceptors (Lipinski definition) is 8. The molecule has 12 nitrogen and oxygen atoms in total. The molecule has 3 N–H and O–H groups in total. The number of Topliss-reactive ketones (excluding diaryl/α,β-unsaturated/α-hetero) is 1. The normalized spacial score (nSPS) is 24.9. The van der Waals surface area contributed by atoms with E-state index in [0.29, 0.717) is 30.9 Å². The summed E-state index contributed by atoms with van der Waals surface area (Å²) in [5.74, 6) is -3.41. The molecule has 0 bridgehead atoms. The van der Waals surface area contributed by atoms with Gasteiger partial charge in [0.15, 0.2) is 5.60 Å². The van der Waals surface area contributed by atoms with Gasteiger partial charge in [0.05, 0.1) is 18.3 Å². The summed E-state index contributed by atoms with van der Waals surface area (Å²) in [4.78, 5) is 74.8. The molecule has 1 aliphatic carbocycles. The van der Waals surface area contributed by atoms with Crippen LogP contribution in [0.5, 0.6) is 0 Å². The van der Waals surface area contributed by atoms with E-state index in [1.165, 1.54) is 17.0 Å². The minimum Gasteiger partial charge on any atom is -0.387 e. The Morgan fingerprint density at radius 3 is 2.50 bits per heavy atom. The van der Waals surface area contributed by atoms with Crippen LogP contribution in [0.3, 0.4) is 0 Å². The largest absolute Gasteiger partial charge is 0.387 e. The Bertz CT molecular complexity index is 1450. The van der Waals surface area contributed by atoms with E-state index >= 15 is 0 Å². The third-order valence-electron chi connectivity index (χ3n) is 9.28. The van der Waals surface area contributed by atoms with Crippen LogP contribution in [0.1, 0.15) is 84.6 Å². The van der Waals surface area contributed by atoms with Crippen LogP contribution in [0.25, 0.3) is 0 Å². The lowest BCUT2D eigenvalue weighted by molar-refractivity contribution is -0.145. The SMILES string of the molecule is CCC[C@H](NC(=O)[C@@H]1C[C@]2(CC(c3cc(F)cc(Cl)c3)=NO2)CN1C(=O)[C@@H](NC(=O)C[C@H]1CCOC1)C(C)(C)C)C(=O)C(=O)NC1CC1. The fraction of sp³-hybridized carbons (Fsp3) is 0.647. The maximum atomic E-state index is 14.5. The smallest absolute Gasteiger partial charge is 0.289 e. The van der Waals surface area contributed by atoms with Crippen LogP contribution in [0.15, 0.2) is 23.4 Å². The average molecular weight is 690 g/mol. The molecule has 48 heavy (non-hydrogen) atoms. The molecular formula is C34H45ClFN5O7. The summed E-state index contributed by atoms with van der Waals surface area (Å²) in [6.07, 6.45) is 3.46. The van der Waals surface area contributed by atoms with Crippen molar-refractivity contribution in [2.75, 3.05) is 19.8 Å². The van der Waals surface area contributed by atoms with Crippen LogP contribution in [0.4, 0.5) is 4.39 Å². The lowest BCUT2D eigenvalue weighted by Gasteiger charge is -2.36. The van der Waals surface area contributed by atoms with E-state index in [1.807, 2.05) is 27.7 Å². The Hall–Kier alpha value is -3.58. The number of ketones is 1. The fourth-order valence-corrected chi connectivity index (χ4v) is 6.74. The van der Waals surface area contributed by atoms with Gasteiger partial charge in [-0.1, -0.05) is 50.9 Å². The average Bonchev–Trinajstić information content (AvgIpc) is 3.37. The lowest BCUT2D eigenvalue weighted by atomic mass is 9.85. The van der Waals surface area contributed by atoms with E-state index in [9.17, 15) is 28.4 Å². The van der Waals surface area contributed by atoms with Crippen molar-refractivity contribution in [3.8, 4) is 0 Å². The summed E-state index contributed by atoms with van der Waals surface area (Å²) in [6, 6.07) is 0.770. The molecule has 0 aromatic heterocycles. The van der Waals surface area contributed by atoms with Gasteiger partial charge in [0.2, 0.25) is 23.5 Å². The summed E-state index contributed by atoms with van der Waals surface area (Å²) in [5, 5.41) is 12.7. The van der Waals surface area contributed by atoms with E-state index < -0.39 is 58.5 Å². The van der Waals surface area contributed by atoms with Crippen LogP contribution < -0.4 is 16.0 Å². The summed E-state index contributed by atoms with van der Waals surface area (Å²) < 4.78 is 19.6. The Balaban J connectivity index is 1.39. The molecule has 3 heterocycles. The first kappa shape index (κ1) is 35.7. The maximum Gasteiger partial charge on any atom is 0.289 e. The zero-order valence-corrected chi connectivity index (χ0v) is 28.7. The molecule has 3 fully saturated rings. The summed E-state index contributed by atoms with van der Waals surface area (Å²) in [7, 11) is 0. The Morgan fingerprint density at radius 1 is 1.12 bits per heavy atom. The van der Waals surface area contributed by atoms with Crippen molar-refractivity contribution in [1.82, 2.24) is 20.9 Å². The molecule has 5 rings (SSSR count). The first-order chi connectivity index (χ1) is 22.7. The monoisotopic (exact) mass is 689 g/mol. The summed E-state index contributed by atoms with van der Waals surface area (Å²) >= 11 is 6.10. The number of hydrogen-bond donors (Lipinski definition) is 3. The van der Waals surface area contributed by atoms with Gasteiger partial charge in [-0.05, 0) is 55.2 Å². The first-order valence-corrected chi connectivity index (χ1v) is 17.1. The molecule has 1 saturated carbocycles. The number of likely N-dealkylation sites (tertiary alicyclic amines) is 1. The van der Waals surface area contributed by atoms with Crippen LogP contribution in [0.2, 0.25) is 5.02 Å². The van der Waals surface area contributed by atoms with Crippen LogP contribution in [0, 0.1) is 17.2 Å². The van der Waals surface area contributed by atoms with E-state index in [1.54, 1.807) is 6.07 Å². The summed E-state index contributed by atoms with van der Waals surface area (Å²) in [6.45, 7) is 8.31. The van der Waals surface area contributed by atoms with Crippen LogP contribution in [-0.4, -0.2) is 89.6 Å². The number of benzene rings is 1. The molecule has 1 aromatic rings. The molecule has 1 spiro atoms. The van der Waals surface area contributed by atoms with Gasteiger partial charge in [-0.25, -0.2) is 4.39 Å². The molecule has 5 atom stereocenters. The van der Waals surface area contributed by atoms with Gasteiger partial charge < -0.3 is 30.4 Å². The van der Waals surface area contributed by atoms with E-state index in [-0.39, 0.29) is 55.1 Å². The second kappa shape index (κ2) is 14.5. The topological polar surface area (TPSA) is 156 Å². The van der Waals surface area contributed by atoms with Crippen LogP contribution in [-0.2, 0) is 33.5 Å². The van der Waals surface area contributed by atoms with Crippen molar-refractivity contribution in [1.29, 1.82) is 0 Å². The van der Waals surface area contributed by atoms with E-state index in [0.717, 1.165) is 19.3 Å².